The van der Waals surface area contributed by atoms with Crippen molar-refractivity contribution >= 4 is 10.0 Å². The second-order valence-corrected chi connectivity index (χ2v) is 5.56. The van der Waals surface area contributed by atoms with Gasteiger partial charge in [-0.2, -0.15) is 0 Å². The SMILES string of the molecule is C=CCCNS(=O)(=O)c1ccc(OCCC)cc1. The van der Waals surface area contributed by atoms with Crippen LogP contribution >= 0.6 is 0 Å². The van der Waals surface area contributed by atoms with Crippen LogP contribution in [0.2, 0.25) is 0 Å². The zero-order valence-corrected chi connectivity index (χ0v) is 11.4. The monoisotopic (exact) mass is 269 g/mol. The molecule has 0 bridgehead atoms. The molecule has 18 heavy (non-hydrogen) atoms. The Balaban J connectivity index is 2.68. The lowest BCUT2D eigenvalue weighted by Gasteiger charge is -2.07. The zero-order chi connectivity index (χ0) is 13.4. The summed E-state index contributed by atoms with van der Waals surface area (Å²) in [6.45, 7) is 6.55. The molecule has 5 heteroatoms. The van der Waals surface area contributed by atoms with E-state index in [2.05, 4.69) is 11.3 Å². The fraction of sp³-hybridized carbons (Fsp3) is 0.385. The highest BCUT2D eigenvalue weighted by Gasteiger charge is 2.12. The number of benzene rings is 1. The van der Waals surface area contributed by atoms with Crippen LogP contribution in [0.4, 0.5) is 0 Å². The lowest BCUT2D eigenvalue weighted by molar-refractivity contribution is 0.317. The Kier molecular flexibility index (Phi) is 5.88. The topological polar surface area (TPSA) is 55.4 Å². The number of hydrogen-bond donors (Lipinski definition) is 1. The molecule has 0 radical (unpaired) electrons. The van der Waals surface area contributed by atoms with Crippen molar-refractivity contribution in [2.24, 2.45) is 0 Å². The van der Waals surface area contributed by atoms with Crippen molar-refractivity contribution in [3.05, 3.63) is 36.9 Å². The lowest BCUT2D eigenvalue weighted by Crippen LogP contribution is -2.24. The van der Waals surface area contributed by atoms with E-state index in [1.807, 2.05) is 6.92 Å². The number of ether oxygens (including phenoxy) is 1. The van der Waals surface area contributed by atoms with E-state index in [0.29, 0.717) is 25.3 Å². The predicted molar refractivity (Wildman–Crippen MR) is 72.2 cm³/mol. The van der Waals surface area contributed by atoms with Gasteiger partial charge in [-0.1, -0.05) is 13.0 Å². The van der Waals surface area contributed by atoms with E-state index in [4.69, 9.17) is 4.74 Å². The molecule has 0 aliphatic heterocycles. The molecule has 0 aromatic heterocycles. The third-order valence-corrected chi connectivity index (χ3v) is 3.72. The molecule has 1 rings (SSSR count). The molecule has 100 valence electrons. The first kappa shape index (κ1) is 14.7. The maximum atomic E-state index is 11.8. The molecule has 0 saturated heterocycles. The molecule has 0 saturated carbocycles. The highest BCUT2D eigenvalue weighted by molar-refractivity contribution is 7.89. The largest absolute Gasteiger partial charge is 0.494 e. The minimum atomic E-state index is -3.42. The molecule has 0 heterocycles. The first-order chi connectivity index (χ1) is 8.60. The fourth-order valence-electron chi connectivity index (χ4n) is 1.31. The van der Waals surface area contributed by atoms with Crippen LogP contribution in [-0.2, 0) is 10.0 Å². The quantitative estimate of drug-likeness (QED) is 0.582. The average molecular weight is 269 g/mol. The summed E-state index contributed by atoms with van der Waals surface area (Å²) >= 11 is 0. The molecule has 0 aliphatic carbocycles. The number of nitrogens with one attached hydrogen (secondary N) is 1. The first-order valence-electron chi connectivity index (χ1n) is 5.93. The van der Waals surface area contributed by atoms with E-state index in [9.17, 15) is 8.42 Å². The van der Waals surface area contributed by atoms with Crippen LogP contribution in [-0.4, -0.2) is 21.6 Å². The van der Waals surface area contributed by atoms with Crippen molar-refractivity contribution in [3.63, 3.8) is 0 Å². The van der Waals surface area contributed by atoms with Gasteiger partial charge in [0.25, 0.3) is 0 Å². The summed E-state index contributed by atoms with van der Waals surface area (Å²) in [6, 6.07) is 6.41. The number of hydrogen-bond acceptors (Lipinski definition) is 3. The first-order valence-corrected chi connectivity index (χ1v) is 7.42. The van der Waals surface area contributed by atoms with E-state index in [-0.39, 0.29) is 4.90 Å². The zero-order valence-electron chi connectivity index (χ0n) is 10.6. The molecule has 0 atom stereocenters. The second-order valence-electron chi connectivity index (χ2n) is 3.79. The molecule has 0 amide bonds. The van der Waals surface area contributed by atoms with Crippen molar-refractivity contribution in [2.45, 2.75) is 24.7 Å². The smallest absolute Gasteiger partial charge is 0.240 e. The molecule has 0 unspecified atom stereocenters. The lowest BCUT2D eigenvalue weighted by atomic mass is 10.3. The van der Waals surface area contributed by atoms with Crippen LogP contribution in [0.1, 0.15) is 19.8 Å². The highest BCUT2D eigenvalue weighted by atomic mass is 32.2. The van der Waals surface area contributed by atoms with Crippen molar-refractivity contribution in [1.82, 2.24) is 4.72 Å². The third-order valence-electron chi connectivity index (χ3n) is 2.25. The minimum Gasteiger partial charge on any atom is -0.494 e. The number of sulfonamides is 1. The van der Waals surface area contributed by atoms with Crippen molar-refractivity contribution in [3.8, 4) is 5.75 Å². The van der Waals surface area contributed by atoms with Crippen LogP contribution in [0.25, 0.3) is 0 Å². The maximum Gasteiger partial charge on any atom is 0.240 e. The third kappa shape index (κ3) is 4.50. The highest BCUT2D eigenvalue weighted by Crippen LogP contribution is 2.15. The molecule has 1 aromatic rings. The molecule has 4 nitrogen and oxygen atoms in total. The Morgan fingerprint density at radius 1 is 1.33 bits per heavy atom. The Hall–Kier alpha value is -1.33. The summed E-state index contributed by atoms with van der Waals surface area (Å²) in [5.41, 5.74) is 0. The van der Waals surface area contributed by atoms with E-state index in [1.54, 1.807) is 30.3 Å². The van der Waals surface area contributed by atoms with Gasteiger partial charge in [0.2, 0.25) is 10.0 Å². The van der Waals surface area contributed by atoms with Gasteiger partial charge in [0.15, 0.2) is 0 Å². The van der Waals surface area contributed by atoms with Gasteiger partial charge in [-0.25, -0.2) is 13.1 Å². The summed E-state index contributed by atoms with van der Waals surface area (Å²) in [7, 11) is -3.42. The maximum absolute atomic E-state index is 11.8. The fourth-order valence-corrected chi connectivity index (χ4v) is 2.36. The van der Waals surface area contributed by atoms with E-state index in [1.165, 1.54) is 0 Å². The summed E-state index contributed by atoms with van der Waals surface area (Å²) in [5, 5.41) is 0. The molecule has 1 aromatic carbocycles. The Labute approximate surface area is 109 Å². The summed E-state index contributed by atoms with van der Waals surface area (Å²) in [6.07, 6.45) is 3.20. The van der Waals surface area contributed by atoms with Gasteiger partial charge in [-0.15, -0.1) is 6.58 Å². The normalized spacial score (nSPS) is 11.2. The van der Waals surface area contributed by atoms with Gasteiger partial charge in [0, 0.05) is 6.54 Å². The molecule has 0 spiro atoms. The number of rotatable bonds is 8. The molecular formula is C13H19NO3S. The molecule has 0 aliphatic rings. The van der Waals surface area contributed by atoms with Gasteiger partial charge >= 0.3 is 0 Å². The average Bonchev–Trinajstić information content (AvgIpc) is 2.37. The second kappa shape index (κ2) is 7.18. The summed E-state index contributed by atoms with van der Waals surface area (Å²) in [4.78, 5) is 0.246. The van der Waals surface area contributed by atoms with Gasteiger partial charge in [-0.05, 0) is 37.1 Å². The standard InChI is InChI=1S/C13H19NO3S/c1-3-5-10-14-18(15,16)13-8-6-12(7-9-13)17-11-4-2/h3,6-9,14H,1,4-5,10-11H2,2H3. The Morgan fingerprint density at radius 3 is 2.56 bits per heavy atom. The predicted octanol–water partition coefficient (Wildman–Crippen LogP) is 2.33. The van der Waals surface area contributed by atoms with Crippen LogP contribution < -0.4 is 9.46 Å². The van der Waals surface area contributed by atoms with Crippen molar-refractivity contribution < 1.29 is 13.2 Å². The van der Waals surface area contributed by atoms with Crippen LogP contribution in [0.3, 0.4) is 0 Å². The van der Waals surface area contributed by atoms with Gasteiger partial charge in [-0.3, -0.25) is 0 Å². The Bertz CT molecular complexity index is 466. The van der Waals surface area contributed by atoms with Crippen molar-refractivity contribution in [2.75, 3.05) is 13.2 Å². The molecule has 0 fully saturated rings. The van der Waals surface area contributed by atoms with E-state index < -0.39 is 10.0 Å². The van der Waals surface area contributed by atoms with E-state index in [0.717, 1.165) is 6.42 Å². The molecule has 1 N–H and O–H groups in total. The van der Waals surface area contributed by atoms with E-state index >= 15 is 0 Å². The summed E-state index contributed by atoms with van der Waals surface area (Å²) < 4.78 is 31.6. The van der Waals surface area contributed by atoms with Gasteiger partial charge in [0.1, 0.15) is 5.75 Å². The minimum absolute atomic E-state index is 0.246. The Morgan fingerprint density at radius 2 is 2.00 bits per heavy atom. The summed E-state index contributed by atoms with van der Waals surface area (Å²) in [5.74, 6) is 0.682. The van der Waals surface area contributed by atoms with Gasteiger partial charge < -0.3 is 4.74 Å². The van der Waals surface area contributed by atoms with Crippen LogP contribution in [0.15, 0.2) is 41.8 Å². The van der Waals surface area contributed by atoms with Crippen molar-refractivity contribution in [1.29, 1.82) is 0 Å². The molecular weight excluding hydrogens is 250 g/mol. The van der Waals surface area contributed by atoms with Crippen LogP contribution in [0, 0.1) is 0 Å². The van der Waals surface area contributed by atoms with Gasteiger partial charge in [0.05, 0.1) is 11.5 Å². The van der Waals surface area contributed by atoms with Crippen LogP contribution in [0.5, 0.6) is 5.75 Å².